The number of nitrogen functional groups attached to an aromatic ring is 1. The minimum atomic E-state index is -0.339. The molecule has 1 rings (SSSR count). The fourth-order valence-electron chi connectivity index (χ4n) is 1.43. The maximum absolute atomic E-state index is 11.8. The lowest BCUT2D eigenvalue weighted by atomic mass is 10.2. The van der Waals surface area contributed by atoms with Gasteiger partial charge in [-0.1, -0.05) is 11.6 Å². The van der Waals surface area contributed by atoms with Crippen LogP contribution in [0.4, 0.5) is 5.82 Å². The van der Waals surface area contributed by atoms with Crippen molar-refractivity contribution in [3.63, 3.8) is 0 Å². The highest BCUT2D eigenvalue weighted by Crippen LogP contribution is 2.11. The molecule has 0 unspecified atom stereocenters. The molecule has 0 aliphatic rings. The molecule has 104 valence electrons. The Morgan fingerprint density at radius 1 is 1.42 bits per heavy atom. The smallest absolute Gasteiger partial charge is 0.251 e. The molecular formula is C12H17ClN4O2. The Kier molecular flexibility index (Phi) is 5.57. The molecule has 0 radical (unpaired) electrons. The number of amides is 2. The van der Waals surface area contributed by atoms with Crippen molar-refractivity contribution < 1.29 is 9.59 Å². The van der Waals surface area contributed by atoms with Crippen molar-refractivity contribution in [3.8, 4) is 0 Å². The molecule has 0 aromatic carbocycles. The fourth-order valence-corrected chi connectivity index (χ4v) is 1.65. The molecule has 0 atom stereocenters. The van der Waals surface area contributed by atoms with Crippen LogP contribution < -0.4 is 16.4 Å². The van der Waals surface area contributed by atoms with Gasteiger partial charge >= 0.3 is 0 Å². The average molecular weight is 285 g/mol. The highest BCUT2D eigenvalue weighted by Gasteiger charge is 2.09. The fraction of sp³-hybridized carbons (Fsp3) is 0.417. The van der Waals surface area contributed by atoms with E-state index >= 15 is 0 Å². The van der Waals surface area contributed by atoms with Crippen LogP contribution in [0.2, 0.25) is 5.15 Å². The summed E-state index contributed by atoms with van der Waals surface area (Å²) in [4.78, 5) is 26.9. The number of hydrogen-bond acceptors (Lipinski definition) is 4. The number of nitrogens with one attached hydrogen (secondary N) is 2. The highest BCUT2D eigenvalue weighted by atomic mass is 35.5. The Hall–Kier alpha value is -1.82. The third-order valence-corrected chi connectivity index (χ3v) is 2.36. The first-order valence-corrected chi connectivity index (χ1v) is 6.27. The second-order valence-electron chi connectivity index (χ2n) is 4.33. The molecule has 4 N–H and O–H groups in total. The van der Waals surface area contributed by atoms with Gasteiger partial charge in [-0.25, -0.2) is 4.98 Å². The zero-order valence-electron chi connectivity index (χ0n) is 10.9. The number of nitrogens with two attached hydrogens (primary N) is 1. The lowest BCUT2D eigenvalue weighted by Crippen LogP contribution is -2.34. The van der Waals surface area contributed by atoms with Gasteiger partial charge in [0.15, 0.2) is 0 Å². The lowest BCUT2D eigenvalue weighted by Gasteiger charge is -2.09. The minimum absolute atomic E-state index is 0.0852. The van der Waals surface area contributed by atoms with Crippen molar-refractivity contribution in [1.82, 2.24) is 15.6 Å². The van der Waals surface area contributed by atoms with Gasteiger partial charge in [0.25, 0.3) is 5.91 Å². The van der Waals surface area contributed by atoms with E-state index in [2.05, 4.69) is 15.6 Å². The standard InChI is InChI=1S/C12H17ClN4O2/c1-7(2)16-11(18)3-4-15-12(19)8-5-9(13)17-10(14)6-8/h5-7H,3-4H2,1-2H3,(H2,14,17)(H,15,19)(H,16,18). The third-order valence-electron chi connectivity index (χ3n) is 2.16. The normalized spacial score (nSPS) is 10.3. The zero-order chi connectivity index (χ0) is 14.4. The van der Waals surface area contributed by atoms with Crippen LogP contribution in [0.1, 0.15) is 30.6 Å². The maximum atomic E-state index is 11.8. The Labute approximate surface area is 116 Å². The van der Waals surface area contributed by atoms with Gasteiger partial charge in [0, 0.05) is 24.6 Å². The van der Waals surface area contributed by atoms with Gasteiger partial charge in [0.05, 0.1) is 0 Å². The SMILES string of the molecule is CC(C)NC(=O)CCNC(=O)c1cc(N)nc(Cl)c1. The molecule has 0 fully saturated rings. The van der Waals surface area contributed by atoms with E-state index in [4.69, 9.17) is 17.3 Å². The van der Waals surface area contributed by atoms with E-state index in [1.165, 1.54) is 12.1 Å². The molecule has 1 aromatic rings. The molecule has 0 saturated heterocycles. The van der Waals surface area contributed by atoms with Gasteiger partial charge in [0.1, 0.15) is 11.0 Å². The molecule has 0 bridgehead atoms. The summed E-state index contributed by atoms with van der Waals surface area (Å²) in [5.74, 6) is -0.272. The molecule has 1 heterocycles. The molecule has 2 amide bonds. The van der Waals surface area contributed by atoms with Crippen molar-refractivity contribution in [2.45, 2.75) is 26.3 Å². The molecule has 1 aromatic heterocycles. The number of anilines is 1. The maximum Gasteiger partial charge on any atom is 0.251 e. The van der Waals surface area contributed by atoms with Crippen LogP contribution >= 0.6 is 11.6 Å². The minimum Gasteiger partial charge on any atom is -0.384 e. The van der Waals surface area contributed by atoms with Gasteiger partial charge in [-0.3, -0.25) is 9.59 Å². The van der Waals surface area contributed by atoms with E-state index in [0.717, 1.165) is 0 Å². The molecule has 0 aliphatic carbocycles. The summed E-state index contributed by atoms with van der Waals surface area (Å²) in [5, 5.41) is 5.50. The number of carbonyl (C=O) groups is 2. The molecular weight excluding hydrogens is 268 g/mol. The van der Waals surface area contributed by atoms with Crippen LogP contribution in [0.5, 0.6) is 0 Å². The summed E-state index contributed by atoms with van der Waals surface area (Å²) >= 11 is 5.70. The van der Waals surface area contributed by atoms with Crippen LogP contribution in [0, 0.1) is 0 Å². The Morgan fingerprint density at radius 2 is 2.11 bits per heavy atom. The quantitative estimate of drug-likeness (QED) is 0.702. The first kappa shape index (κ1) is 15.2. The highest BCUT2D eigenvalue weighted by molar-refractivity contribution is 6.29. The van der Waals surface area contributed by atoms with E-state index in [1.807, 2.05) is 13.8 Å². The first-order chi connectivity index (χ1) is 8.88. The monoisotopic (exact) mass is 284 g/mol. The van der Waals surface area contributed by atoms with E-state index in [9.17, 15) is 9.59 Å². The number of rotatable bonds is 5. The summed E-state index contributed by atoms with van der Waals surface area (Å²) in [6, 6.07) is 2.93. The van der Waals surface area contributed by atoms with E-state index in [-0.39, 0.29) is 41.8 Å². The number of hydrogen-bond donors (Lipinski definition) is 3. The third kappa shape index (κ3) is 5.56. The topological polar surface area (TPSA) is 97.1 Å². The molecule has 0 saturated carbocycles. The van der Waals surface area contributed by atoms with Crippen molar-refractivity contribution in [3.05, 3.63) is 22.8 Å². The summed E-state index contributed by atoms with van der Waals surface area (Å²) in [6.07, 6.45) is 0.220. The van der Waals surface area contributed by atoms with Crippen LogP contribution in [0.25, 0.3) is 0 Å². The Balaban J connectivity index is 2.45. The van der Waals surface area contributed by atoms with E-state index in [0.29, 0.717) is 5.56 Å². The van der Waals surface area contributed by atoms with Crippen LogP contribution in [0.3, 0.4) is 0 Å². The van der Waals surface area contributed by atoms with Gasteiger partial charge in [0.2, 0.25) is 5.91 Å². The van der Waals surface area contributed by atoms with Crippen LogP contribution in [-0.4, -0.2) is 29.4 Å². The largest absolute Gasteiger partial charge is 0.384 e. The molecule has 0 aliphatic heterocycles. The molecule has 7 heteroatoms. The predicted octanol–water partition coefficient (Wildman–Crippen LogP) is 0.962. The summed E-state index contributed by atoms with van der Waals surface area (Å²) in [5.41, 5.74) is 5.81. The van der Waals surface area contributed by atoms with Gasteiger partial charge < -0.3 is 16.4 Å². The molecule has 19 heavy (non-hydrogen) atoms. The van der Waals surface area contributed by atoms with Crippen LogP contribution in [-0.2, 0) is 4.79 Å². The zero-order valence-corrected chi connectivity index (χ0v) is 11.6. The molecule has 0 spiro atoms. The predicted molar refractivity (Wildman–Crippen MR) is 73.9 cm³/mol. The number of halogens is 1. The Bertz CT molecular complexity index is 457. The van der Waals surface area contributed by atoms with Crippen molar-refractivity contribution in [2.75, 3.05) is 12.3 Å². The number of carbonyl (C=O) groups excluding carboxylic acids is 2. The summed E-state index contributed by atoms with van der Waals surface area (Å²) < 4.78 is 0. The second kappa shape index (κ2) is 6.94. The first-order valence-electron chi connectivity index (χ1n) is 5.89. The van der Waals surface area contributed by atoms with Crippen molar-refractivity contribution in [2.24, 2.45) is 0 Å². The van der Waals surface area contributed by atoms with Gasteiger partial charge in [-0.2, -0.15) is 0 Å². The number of nitrogens with zero attached hydrogens (tertiary/aromatic N) is 1. The summed E-state index contributed by atoms with van der Waals surface area (Å²) in [7, 11) is 0. The van der Waals surface area contributed by atoms with Crippen molar-refractivity contribution >= 4 is 29.2 Å². The van der Waals surface area contributed by atoms with E-state index < -0.39 is 0 Å². The second-order valence-corrected chi connectivity index (χ2v) is 4.72. The Morgan fingerprint density at radius 3 is 2.68 bits per heavy atom. The lowest BCUT2D eigenvalue weighted by molar-refractivity contribution is -0.121. The van der Waals surface area contributed by atoms with Crippen LogP contribution in [0.15, 0.2) is 12.1 Å². The van der Waals surface area contributed by atoms with Gasteiger partial charge in [-0.05, 0) is 26.0 Å². The number of aromatic nitrogens is 1. The molecule has 6 nitrogen and oxygen atoms in total. The number of pyridine rings is 1. The van der Waals surface area contributed by atoms with Gasteiger partial charge in [-0.15, -0.1) is 0 Å². The average Bonchev–Trinajstić information content (AvgIpc) is 2.26. The summed E-state index contributed by atoms with van der Waals surface area (Å²) in [6.45, 7) is 3.99. The van der Waals surface area contributed by atoms with Crippen molar-refractivity contribution in [1.29, 1.82) is 0 Å². The van der Waals surface area contributed by atoms with E-state index in [1.54, 1.807) is 0 Å².